The van der Waals surface area contributed by atoms with Crippen molar-refractivity contribution in [3.05, 3.63) is 71.8 Å². The first-order valence-electron chi connectivity index (χ1n) is 11.1. The summed E-state index contributed by atoms with van der Waals surface area (Å²) in [5.74, 6) is 0.452. The van der Waals surface area contributed by atoms with Crippen LogP contribution >= 0.6 is 0 Å². The van der Waals surface area contributed by atoms with E-state index < -0.39 is 0 Å². The molecule has 2 bridgehead atoms. The van der Waals surface area contributed by atoms with Crippen molar-refractivity contribution in [2.75, 3.05) is 6.54 Å². The van der Waals surface area contributed by atoms with E-state index >= 15 is 0 Å². The molecule has 2 aromatic carbocycles. The number of hydrogen-bond acceptors (Lipinski definition) is 2. The van der Waals surface area contributed by atoms with E-state index in [4.69, 9.17) is 0 Å². The first-order chi connectivity index (χ1) is 14.2. The molecular formula is C25H33N3O. The normalized spacial score (nSPS) is 24.8. The summed E-state index contributed by atoms with van der Waals surface area (Å²) in [6.07, 6.45) is 5.60. The molecule has 2 heterocycles. The van der Waals surface area contributed by atoms with Crippen molar-refractivity contribution in [2.45, 2.75) is 69.6 Å². The summed E-state index contributed by atoms with van der Waals surface area (Å²) in [5, 5.41) is 6.31. The zero-order valence-corrected chi connectivity index (χ0v) is 17.4. The van der Waals surface area contributed by atoms with E-state index in [2.05, 4.69) is 77.1 Å². The Bertz CT molecular complexity index is 765. The minimum atomic E-state index is -0.00817. The maximum atomic E-state index is 12.4. The lowest BCUT2D eigenvalue weighted by molar-refractivity contribution is 0.111. The third-order valence-corrected chi connectivity index (χ3v) is 6.66. The van der Waals surface area contributed by atoms with Gasteiger partial charge in [0.15, 0.2) is 0 Å². The molecule has 2 aliphatic rings. The van der Waals surface area contributed by atoms with Crippen LogP contribution in [-0.4, -0.2) is 35.6 Å². The van der Waals surface area contributed by atoms with Gasteiger partial charge in [-0.2, -0.15) is 0 Å². The quantitative estimate of drug-likeness (QED) is 0.720. The molecule has 2 saturated heterocycles. The number of nitrogens with zero attached hydrogens (tertiary/aromatic N) is 1. The number of nitrogens with one attached hydrogen (secondary N) is 2. The van der Waals surface area contributed by atoms with Crippen molar-refractivity contribution in [3.8, 4) is 0 Å². The Hall–Kier alpha value is -2.33. The van der Waals surface area contributed by atoms with Crippen LogP contribution in [0.4, 0.5) is 4.79 Å². The molecule has 2 N–H and O–H groups in total. The Balaban J connectivity index is 1.20. The highest BCUT2D eigenvalue weighted by Gasteiger charge is 2.40. The van der Waals surface area contributed by atoms with Crippen molar-refractivity contribution >= 4 is 6.03 Å². The average molecular weight is 392 g/mol. The first-order valence-corrected chi connectivity index (χ1v) is 11.1. The Morgan fingerprint density at radius 2 is 1.62 bits per heavy atom. The van der Waals surface area contributed by atoms with Crippen molar-refractivity contribution in [1.29, 1.82) is 0 Å². The predicted octanol–water partition coefficient (Wildman–Crippen LogP) is 4.68. The van der Waals surface area contributed by atoms with Gasteiger partial charge in [-0.05, 0) is 49.1 Å². The van der Waals surface area contributed by atoms with Crippen molar-refractivity contribution in [3.63, 3.8) is 0 Å². The van der Waals surface area contributed by atoms with Gasteiger partial charge in [0.2, 0.25) is 0 Å². The van der Waals surface area contributed by atoms with Crippen LogP contribution < -0.4 is 10.6 Å². The number of benzene rings is 2. The van der Waals surface area contributed by atoms with Crippen LogP contribution in [0, 0.1) is 0 Å². The zero-order chi connectivity index (χ0) is 20.1. The number of rotatable bonds is 7. The van der Waals surface area contributed by atoms with Gasteiger partial charge in [-0.1, -0.05) is 67.6 Å². The molecule has 0 aromatic heterocycles. The zero-order valence-electron chi connectivity index (χ0n) is 17.4. The fraction of sp³-hybridized carbons (Fsp3) is 0.480. The minimum Gasteiger partial charge on any atom is -0.338 e. The summed E-state index contributed by atoms with van der Waals surface area (Å²) < 4.78 is 0. The van der Waals surface area contributed by atoms with Gasteiger partial charge < -0.3 is 10.6 Å². The number of carbonyl (C=O) groups is 1. The average Bonchev–Trinajstić information content (AvgIpc) is 2.97. The molecule has 4 heteroatoms. The van der Waals surface area contributed by atoms with Crippen LogP contribution in [0.25, 0.3) is 0 Å². The highest BCUT2D eigenvalue weighted by Crippen LogP contribution is 2.36. The molecule has 29 heavy (non-hydrogen) atoms. The van der Waals surface area contributed by atoms with Crippen molar-refractivity contribution in [1.82, 2.24) is 15.5 Å². The standard InChI is InChI=1S/C25H33N3O/c1-19(21-10-6-3-7-11-21)14-15-26-25(29)27-22-16-23-12-13-24(17-22)28(23)18-20-8-4-2-5-9-20/h2-11,19,22-24H,12-18H2,1H3,(H2,26,27,29). The smallest absolute Gasteiger partial charge is 0.315 e. The maximum absolute atomic E-state index is 12.4. The Kier molecular flexibility index (Phi) is 6.50. The molecule has 2 amide bonds. The third-order valence-electron chi connectivity index (χ3n) is 6.66. The lowest BCUT2D eigenvalue weighted by Crippen LogP contribution is -2.52. The number of urea groups is 1. The second kappa shape index (κ2) is 9.45. The van der Waals surface area contributed by atoms with E-state index in [1.165, 1.54) is 24.0 Å². The van der Waals surface area contributed by atoms with Crippen LogP contribution in [0.5, 0.6) is 0 Å². The van der Waals surface area contributed by atoms with E-state index in [-0.39, 0.29) is 6.03 Å². The number of amides is 2. The first kappa shape index (κ1) is 20.0. The van der Waals surface area contributed by atoms with Gasteiger partial charge in [0.1, 0.15) is 0 Å². The van der Waals surface area contributed by atoms with Gasteiger partial charge in [-0.25, -0.2) is 4.79 Å². The second-order valence-corrected chi connectivity index (χ2v) is 8.71. The lowest BCUT2D eigenvalue weighted by atomic mass is 9.96. The minimum absolute atomic E-state index is 0.00817. The summed E-state index contributed by atoms with van der Waals surface area (Å²) in [6, 6.07) is 22.7. The van der Waals surface area contributed by atoms with Crippen LogP contribution in [0.2, 0.25) is 0 Å². The molecule has 3 unspecified atom stereocenters. The van der Waals surface area contributed by atoms with E-state index in [0.29, 0.717) is 30.6 Å². The van der Waals surface area contributed by atoms with E-state index in [9.17, 15) is 4.79 Å². The summed E-state index contributed by atoms with van der Waals surface area (Å²) in [5.41, 5.74) is 2.72. The molecule has 4 nitrogen and oxygen atoms in total. The highest BCUT2D eigenvalue weighted by molar-refractivity contribution is 5.74. The Morgan fingerprint density at radius 3 is 2.28 bits per heavy atom. The van der Waals surface area contributed by atoms with Crippen molar-refractivity contribution in [2.24, 2.45) is 0 Å². The Labute approximate surface area is 174 Å². The number of fused-ring (bicyclic) bond motifs is 2. The van der Waals surface area contributed by atoms with E-state index in [1.54, 1.807) is 0 Å². The molecule has 2 fully saturated rings. The summed E-state index contributed by atoms with van der Waals surface area (Å²) in [7, 11) is 0. The topological polar surface area (TPSA) is 44.4 Å². The molecular weight excluding hydrogens is 358 g/mol. The van der Waals surface area contributed by atoms with Gasteiger partial charge in [-0.15, -0.1) is 0 Å². The van der Waals surface area contributed by atoms with Gasteiger partial charge in [0.05, 0.1) is 0 Å². The largest absolute Gasteiger partial charge is 0.338 e. The Morgan fingerprint density at radius 1 is 1.00 bits per heavy atom. The van der Waals surface area contributed by atoms with Gasteiger partial charge in [0, 0.05) is 31.2 Å². The maximum Gasteiger partial charge on any atom is 0.315 e. The molecule has 3 atom stereocenters. The number of hydrogen-bond donors (Lipinski definition) is 2. The molecule has 154 valence electrons. The molecule has 0 saturated carbocycles. The van der Waals surface area contributed by atoms with Crippen LogP contribution in [0.1, 0.15) is 56.1 Å². The van der Waals surface area contributed by atoms with Gasteiger partial charge >= 0.3 is 6.03 Å². The lowest BCUT2D eigenvalue weighted by Gasteiger charge is -2.39. The number of carbonyl (C=O) groups excluding carboxylic acids is 1. The summed E-state index contributed by atoms with van der Waals surface area (Å²) in [4.78, 5) is 15.1. The SMILES string of the molecule is CC(CCNC(=O)NC1CC2CCC(C1)N2Cc1ccccc1)c1ccccc1. The predicted molar refractivity (Wildman–Crippen MR) is 118 cm³/mol. The highest BCUT2D eigenvalue weighted by atomic mass is 16.2. The summed E-state index contributed by atoms with van der Waals surface area (Å²) in [6.45, 7) is 3.96. The van der Waals surface area contributed by atoms with Crippen LogP contribution in [0.3, 0.4) is 0 Å². The third kappa shape index (κ3) is 5.18. The molecule has 4 rings (SSSR count). The van der Waals surface area contributed by atoms with Crippen molar-refractivity contribution < 1.29 is 4.79 Å². The number of piperidine rings is 1. The van der Waals surface area contributed by atoms with E-state index in [1.807, 2.05) is 6.07 Å². The van der Waals surface area contributed by atoms with Crippen LogP contribution in [-0.2, 0) is 6.54 Å². The summed E-state index contributed by atoms with van der Waals surface area (Å²) >= 11 is 0. The molecule has 2 aliphatic heterocycles. The van der Waals surface area contributed by atoms with Gasteiger partial charge in [0.25, 0.3) is 0 Å². The fourth-order valence-corrected chi connectivity index (χ4v) is 5.03. The molecule has 2 aromatic rings. The van der Waals surface area contributed by atoms with E-state index in [0.717, 1.165) is 25.8 Å². The van der Waals surface area contributed by atoms with Gasteiger partial charge in [-0.3, -0.25) is 4.90 Å². The second-order valence-electron chi connectivity index (χ2n) is 8.71. The fourth-order valence-electron chi connectivity index (χ4n) is 5.03. The molecule has 0 radical (unpaired) electrons. The monoisotopic (exact) mass is 391 g/mol. The van der Waals surface area contributed by atoms with Crippen LogP contribution in [0.15, 0.2) is 60.7 Å². The molecule has 0 spiro atoms. The molecule has 0 aliphatic carbocycles.